The van der Waals surface area contributed by atoms with E-state index < -0.39 is 0 Å². The van der Waals surface area contributed by atoms with Crippen molar-refractivity contribution in [3.05, 3.63) is 53.7 Å². The van der Waals surface area contributed by atoms with Crippen LogP contribution in [0.5, 0.6) is 11.5 Å². The number of nitrogens with zero attached hydrogens (tertiary/aromatic N) is 1. The Morgan fingerprint density at radius 3 is 2.42 bits per heavy atom. The highest BCUT2D eigenvalue weighted by molar-refractivity contribution is 6.36. The van der Waals surface area contributed by atoms with Gasteiger partial charge in [0.05, 0.1) is 5.57 Å². The number of imide groups is 1. The quantitative estimate of drug-likeness (QED) is 0.666. The Labute approximate surface area is 179 Å². The van der Waals surface area contributed by atoms with E-state index in [0.29, 0.717) is 40.6 Å². The molecule has 2 heterocycles. The highest BCUT2D eigenvalue weighted by atomic mass is 16.7. The Bertz CT molecular complexity index is 1080. The molecule has 2 aliphatic rings. The first kappa shape index (κ1) is 20.5. The number of anilines is 2. The Kier molecular flexibility index (Phi) is 5.62. The summed E-state index contributed by atoms with van der Waals surface area (Å²) in [7, 11) is 0. The van der Waals surface area contributed by atoms with Gasteiger partial charge < -0.3 is 20.1 Å². The van der Waals surface area contributed by atoms with Crippen molar-refractivity contribution in [2.24, 2.45) is 0 Å². The fourth-order valence-corrected chi connectivity index (χ4v) is 3.52. The summed E-state index contributed by atoms with van der Waals surface area (Å²) in [6, 6.07) is 12.1. The van der Waals surface area contributed by atoms with Gasteiger partial charge in [0.15, 0.2) is 11.5 Å². The van der Waals surface area contributed by atoms with Gasteiger partial charge in [-0.2, -0.15) is 0 Å². The molecule has 31 heavy (non-hydrogen) atoms. The zero-order valence-electron chi connectivity index (χ0n) is 17.4. The van der Waals surface area contributed by atoms with Gasteiger partial charge in [0.2, 0.25) is 12.7 Å². The molecule has 4 rings (SSSR count). The molecule has 3 amide bonds. The van der Waals surface area contributed by atoms with Gasteiger partial charge in [0, 0.05) is 30.9 Å². The zero-order valence-corrected chi connectivity index (χ0v) is 17.4. The fourth-order valence-electron chi connectivity index (χ4n) is 3.52. The number of unbranched alkanes of at least 4 members (excludes halogenated alkanes) is 1. The van der Waals surface area contributed by atoms with Gasteiger partial charge in [-0.25, -0.2) is 0 Å². The average Bonchev–Trinajstić information content (AvgIpc) is 3.30. The lowest BCUT2D eigenvalue weighted by Crippen LogP contribution is -2.33. The predicted molar refractivity (Wildman–Crippen MR) is 115 cm³/mol. The number of amides is 3. The number of carbonyl (C=O) groups is 3. The van der Waals surface area contributed by atoms with Crippen LogP contribution < -0.4 is 20.1 Å². The summed E-state index contributed by atoms with van der Waals surface area (Å²) in [4.78, 5) is 38.8. The zero-order chi connectivity index (χ0) is 22.0. The second-order valence-electron chi connectivity index (χ2n) is 7.32. The second-order valence-corrected chi connectivity index (χ2v) is 7.32. The Balaban J connectivity index is 1.70. The van der Waals surface area contributed by atoms with Gasteiger partial charge in [0.1, 0.15) is 5.70 Å². The third-order valence-corrected chi connectivity index (χ3v) is 5.04. The molecule has 0 atom stereocenters. The van der Waals surface area contributed by atoms with Crippen molar-refractivity contribution in [3.8, 4) is 11.5 Å². The molecular weight excluding hydrogens is 398 g/mol. The van der Waals surface area contributed by atoms with Crippen LogP contribution in [0.4, 0.5) is 11.4 Å². The van der Waals surface area contributed by atoms with Gasteiger partial charge in [0.25, 0.3) is 11.8 Å². The molecule has 2 aromatic rings. The minimum absolute atomic E-state index is 0.148. The maximum atomic E-state index is 13.2. The number of rotatable bonds is 7. The molecule has 0 saturated carbocycles. The smallest absolute Gasteiger partial charge is 0.278 e. The summed E-state index contributed by atoms with van der Waals surface area (Å²) in [6.07, 6.45) is 1.59. The van der Waals surface area contributed by atoms with Gasteiger partial charge >= 0.3 is 0 Å². The molecule has 2 aliphatic heterocycles. The second kappa shape index (κ2) is 8.51. The van der Waals surface area contributed by atoms with Gasteiger partial charge in [-0.1, -0.05) is 25.5 Å². The molecule has 0 unspecified atom stereocenters. The van der Waals surface area contributed by atoms with Crippen LogP contribution in [-0.2, 0) is 14.4 Å². The number of nitrogens with one attached hydrogen (secondary N) is 2. The van der Waals surface area contributed by atoms with Gasteiger partial charge in [-0.15, -0.1) is 0 Å². The van der Waals surface area contributed by atoms with E-state index in [1.165, 1.54) is 11.8 Å². The van der Waals surface area contributed by atoms with Crippen molar-refractivity contribution in [2.75, 3.05) is 24.0 Å². The van der Waals surface area contributed by atoms with E-state index in [4.69, 9.17) is 9.47 Å². The molecule has 2 aromatic carbocycles. The van der Waals surface area contributed by atoms with Crippen molar-refractivity contribution in [3.63, 3.8) is 0 Å². The molecule has 0 bridgehead atoms. The topological polar surface area (TPSA) is 97.0 Å². The first-order valence-electron chi connectivity index (χ1n) is 10.1. The molecule has 8 nitrogen and oxygen atoms in total. The molecule has 0 aromatic heterocycles. The van der Waals surface area contributed by atoms with Crippen molar-refractivity contribution in [2.45, 2.75) is 26.7 Å². The highest BCUT2D eigenvalue weighted by Crippen LogP contribution is 2.36. The molecule has 0 saturated heterocycles. The predicted octanol–water partition coefficient (Wildman–Crippen LogP) is 3.37. The first-order chi connectivity index (χ1) is 15.0. The molecule has 0 radical (unpaired) electrons. The molecule has 0 spiro atoms. The van der Waals surface area contributed by atoms with Crippen LogP contribution in [0.3, 0.4) is 0 Å². The van der Waals surface area contributed by atoms with Crippen molar-refractivity contribution >= 4 is 34.7 Å². The highest BCUT2D eigenvalue weighted by Gasteiger charge is 2.38. The third-order valence-electron chi connectivity index (χ3n) is 5.04. The lowest BCUT2D eigenvalue weighted by molar-refractivity contribution is -0.136. The summed E-state index contributed by atoms with van der Waals surface area (Å²) in [5, 5.41) is 5.81. The van der Waals surface area contributed by atoms with Crippen LogP contribution in [0.15, 0.2) is 48.2 Å². The van der Waals surface area contributed by atoms with Crippen LogP contribution in [0, 0.1) is 0 Å². The summed E-state index contributed by atoms with van der Waals surface area (Å²) in [6.45, 7) is 3.93. The van der Waals surface area contributed by atoms with E-state index in [1.54, 1.807) is 42.5 Å². The summed E-state index contributed by atoms with van der Waals surface area (Å²) in [5.41, 5.74) is 2.34. The van der Waals surface area contributed by atoms with Crippen LogP contribution in [0.2, 0.25) is 0 Å². The number of hydrogen-bond acceptors (Lipinski definition) is 6. The van der Waals surface area contributed by atoms with E-state index in [0.717, 1.165) is 12.8 Å². The molecule has 0 aliphatic carbocycles. The number of hydrogen-bond donors (Lipinski definition) is 2. The minimum atomic E-state index is -0.364. The molecule has 0 fully saturated rings. The number of carbonyl (C=O) groups excluding carboxylic acids is 3. The summed E-state index contributed by atoms with van der Waals surface area (Å²) >= 11 is 0. The van der Waals surface area contributed by atoms with E-state index >= 15 is 0 Å². The van der Waals surface area contributed by atoms with E-state index in [9.17, 15) is 14.4 Å². The number of fused-ring (bicyclic) bond motifs is 1. The Morgan fingerprint density at radius 2 is 1.71 bits per heavy atom. The van der Waals surface area contributed by atoms with Crippen molar-refractivity contribution in [1.82, 2.24) is 4.90 Å². The summed E-state index contributed by atoms with van der Waals surface area (Å²) < 4.78 is 10.7. The van der Waals surface area contributed by atoms with E-state index in [2.05, 4.69) is 10.6 Å². The number of benzene rings is 2. The average molecular weight is 421 g/mol. The van der Waals surface area contributed by atoms with E-state index in [1.807, 2.05) is 6.92 Å². The monoisotopic (exact) mass is 421 g/mol. The first-order valence-corrected chi connectivity index (χ1v) is 10.1. The lowest BCUT2D eigenvalue weighted by Gasteiger charge is -2.14. The van der Waals surface area contributed by atoms with Crippen molar-refractivity contribution in [1.29, 1.82) is 0 Å². The Hall–Kier alpha value is -3.81. The minimum Gasteiger partial charge on any atom is -0.454 e. The van der Waals surface area contributed by atoms with Crippen molar-refractivity contribution < 1.29 is 23.9 Å². The molecular formula is C23H23N3O5. The van der Waals surface area contributed by atoms with Crippen LogP contribution in [-0.4, -0.2) is 36.0 Å². The van der Waals surface area contributed by atoms with Crippen LogP contribution >= 0.6 is 0 Å². The third kappa shape index (κ3) is 4.09. The summed E-state index contributed by atoms with van der Waals surface area (Å²) in [5.74, 6) is 0.319. The lowest BCUT2D eigenvalue weighted by atomic mass is 10.0. The SMILES string of the molecule is CCCCN1C(=O)C(Nc2ccc3c(c2)OCO3)=C(c2ccc(NC(C)=O)cc2)C1=O. The standard InChI is InChI=1S/C23H23N3O5/c1-3-4-11-26-22(28)20(15-5-7-16(8-6-15)24-14(2)27)21(23(26)29)25-17-9-10-18-19(12-17)31-13-30-18/h5-10,12,25H,3-4,11,13H2,1-2H3,(H,24,27). The molecule has 2 N–H and O–H groups in total. The van der Waals surface area contributed by atoms with Crippen LogP contribution in [0.1, 0.15) is 32.3 Å². The van der Waals surface area contributed by atoms with Gasteiger partial charge in [-0.3, -0.25) is 19.3 Å². The maximum absolute atomic E-state index is 13.2. The molecule has 8 heteroatoms. The normalized spacial score (nSPS) is 15.0. The Morgan fingerprint density at radius 1 is 1.00 bits per heavy atom. The van der Waals surface area contributed by atoms with E-state index in [-0.39, 0.29) is 30.2 Å². The van der Waals surface area contributed by atoms with Gasteiger partial charge in [-0.05, 0) is 36.2 Å². The maximum Gasteiger partial charge on any atom is 0.278 e. The molecule has 160 valence electrons. The van der Waals surface area contributed by atoms with Crippen LogP contribution in [0.25, 0.3) is 5.57 Å². The largest absolute Gasteiger partial charge is 0.454 e. The number of ether oxygens (including phenoxy) is 2. The fraction of sp³-hybridized carbons (Fsp3) is 0.261.